The van der Waals surface area contributed by atoms with Crippen LogP contribution in [0, 0.1) is 0 Å². The summed E-state index contributed by atoms with van der Waals surface area (Å²) in [6, 6.07) is 3.18. The van der Waals surface area contributed by atoms with E-state index in [1.807, 2.05) is 0 Å². The minimum atomic E-state index is -4.41. The van der Waals surface area contributed by atoms with Crippen molar-refractivity contribution in [1.29, 1.82) is 0 Å². The number of furan rings is 1. The summed E-state index contributed by atoms with van der Waals surface area (Å²) in [5.41, 5.74) is -0.0690. The molecule has 2 rings (SSSR count). The van der Waals surface area contributed by atoms with Crippen molar-refractivity contribution in [2.75, 3.05) is 0 Å². The summed E-state index contributed by atoms with van der Waals surface area (Å²) in [5, 5.41) is 9.07. The van der Waals surface area contributed by atoms with E-state index in [9.17, 15) is 18.0 Å². The Balaban J connectivity index is 2.35. The van der Waals surface area contributed by atoms with Gasteiger partial charge in [0.05, 0.1) is 11.8 Å². The van der Waals surface area contributed by atoms with Gasteiger partial charge in [0.2, 0.25) is 0 Å². The number of fused-ring (bicyclic) bond motifs is 1. The number of aliphatic carboxylic acids is 1. The van der Waals surface area contributed by atoms with Gasteiger partial charge in [0.25, 0.3) is 0 Å². The first-order valence-electron chi connectivity index (χ1n) is 5.17. The maximum Gasteiger partial charge on any atom is 0.416 e. The highest BCUT2D eigenvalue weighted by molar-refractivity contribution is 5.82. The molecular formula is C12H9F3O3. The van der Waals surface area contributed by atoms with Crippen LogP contribution >= 0.6 is 0 Å². The number of alkyl halides is 3. The quantitative estimate of drug-likeness (QED) is 0.917. The molecule has 2 aromatic rings. The summed E-state index contributed by atoms with van der Waals surface area (Å²) in [4.78, 5) is 10.4. The second-order valence-electron chi connectivity index (χ2n) is 3.86. The number of rotatable bonds is 3. The summed E-state index contributed by atoms with van der Waals surface area (Å²) >= 11 is 0. The molecule has 3 nitrogen and oxygen atoms in total. The number of carbonyl (C=O) groups is 1. The Morgan fingerprint density at radius 3 is 2.67 bits per heavy atom. The number of carboxylic acids is 1. The van der Waals surface area contributed by atoms with E-state index in [0.29, 0.717) is 10.9 Å². The van der Waals surface area contributed by atoms with Crippen LogP contribution in [0.2, 0.25) is 0 Å². The fraction of sp³-hybridized carbons (Fsp3) is 0.250. The van der Waals surface area contributed by atoms with Crippen LogP contribution in [-0.2, 0) is 17.4 Å². The van der Waals surface area contributed by atoms with Crippen LogP contribution in [0.25, 0.3) is 11.0 Å². The molecule has 0 atom stereocenters. The molecule has 0 fully saturated rings. The number of aryl methyl sites for hydroxylation is 1. The van der Waals surface area contributed by atoms with Gasteiger partial charge in [-0.25, -0.2) is 0 Å². The Hall–Kier alpha value is -1.98. The molecule has 0 radical (unpaired) electrons. The highest BCUT2D eigenvalue weighted by atomic mass is 19.4. The third kappa shape index (κ3) is 2.47. The third-order valence-corrected chi connectivity index (χ3v) is 2.59. The molecule has 0 spiro atoms. The maximum atomic E-state index is 12.5. The predicted octanol–water partition coefficient (Wildman–Crippen LogP) is 3.47. The van der Waals surface area contributed by atoms with Crippen LogP contribution in [-0.4, -0.2) is 11.1 Å². The topological polar surface area (TPSA) is 50.4 Å². The first-order chi connectivity index (χ1) is 8.38. The van der Waals surface area contributed by atoms with E-state index in [2.05, 4.69) is 0 Å². The summed E-state index contributed by atoms with van der Waals surface area (Å²) < 4.78 is 42.4. The van der Waals surface area contributed by atoms with E-state index < -0.39 is 17.7 Å². The van der Waals surface area contributed by atoms with E-state index in [4.69, 9.17) is 9.52 Å². The standard InChI is InChI=1S/C12H9F3O3/c13-12(14,15)8-2-3-9-7(1-4-11(16)17)6-18-10(9)5-8/h2-3,5-6H,1,4H2,(H,16,17). The molecule has 0 aliphatic rings. The summed E-state index contributed by atoms with van der Waals surface area (Å²) in [6.45, 7) is 0. The molecule has 1 aromatic carbocycles. The van der Waals surface area contributed by atoms with Crippen molar-refractivity contribution in [2.24, 2.45) is 0 Å². The second kappa shape index (κ2) is 4.36. The van der Waals surface area contributed by atoms with E-state index >= 15 is 0 Å². The predicted molar refractivity (Wildman–Crippen MR) is 57.2 cm³/mol. The average Bonchev–Trinajstić information content (AvgIpc) is 2.67. The van der Waals surface area contributed by atoms with Crippen LogP contribution in [0.15, 0.2) is 28.9 Å². The van der Waals surface area contributed by atoms with Gasteiger partial charge in [-0.15, -0.1) is 0 Å². The summed E-state index contributed by atoms with van der Waals surface area (Å²) in [6.07, 6.45) is -2.97. The zero-order valence-electron chi connectivity index (χ0n) is 9.12. The molecule has 0 amide bonds. The third-order valence-electron chi connectivity index (χ3n) is 2.59. The Labute approximate surface area is 99.8 Å². The van der Waals surface area contributed by atoms with Gasteiger partial charge < -0.3 is 9.52 Å². The van der Waals surface area contributed by atoms with Crippen molar-refractivity contribution in [3.8, 4) is 0 Å². The molecule has 0 saturated carbocycles. The number of hydrogen-bond donors (Lipinski definition) is 1. The number of benzene rings is 1. The lowest BCUT2D eigenvalue weighted by molar-refractivity contribution is -0.138. The molecule has 6 heteroatoms. The lowest BCUT2D eigenvalue weighted by atomic mass is 10.1. The van der Waals surface area contributed by atoms with E-state index in [-0.39, 0.29) is 18.4 Å². The highest BCUT2D eigenvalue weighted by Crippen LogP contribution is 2.33. The smallest absolute Gasteiger partial charge is 0.416 e. The lowest BCUT2D eigenvalue weighted by Gasteiger charge is -2.05. The molecule has 1 aromatic heterocycles. The van der Waals surface area contributed by atoms with Gasteiger partial charge in [-0.3, -0.25) is 4.79 Å². The number of hydrogen-bond acceptors (Lipinski definition) is 2. The molecular weight excluding hydrogens is 249 g/mol. The Bertz CT molecular complexity index is 584. The van der Waals surface area contributed by atoms with Crippen molar-refractivity contribution >= 4 is 16.9 Å². The molecule has 0 saturated heterocycles. The lowest BCUT2D eigenvalue weighted by Crippen LogP contribution is -2.04. The van der Waals surface area contributed by atoms with Gasteiger partial charge in [-0.1, -0.05) is 6.07 Å². The van der Waals surface area contributed by atoms with Gasteiger partial charge in [0.15, 0.2) is 0 Å². The minimum absolute atomic E-state index is 0.0876. The minimum Gasteiger partial charge on any atom is -0.481 e. The Morgan fingerprint density at radius 2 is 2.06 bits per heavy atom. The van der Waals surface area contributed by atoms with Crippen molar-refractivity contribution in [3.63, 3.8) is 0 Å². The van der Waals surface area contributed by atoms with E-state index in [0.717, 1.165) is 12.1 Å². The SMILES string of the molecule is O=C(O)CCc1coc2cc(C(F)(F)F)ccc12. The van der Waals surface area contributed by atoms with Crippen molar-refractivity contribution in [1.82, 2.24) is 0 Å². The monoisotopic (exact) mass is 258 g/mol. The Morgan fingerprint density at radius 1 is 1.33 bits per heavy atom. The van der Waals surface area contributed by atoms with Gasteiger partial charge in [-0.05, 0) is 24.1 Å². The average molecular weight is 258 g/mol. The van der Waals surface area contributed by atoms with E-state index in [1.54, 1.807) is 0 Å². The first-order valence-corrected chi connectivity index (χ1v) is 5.17. The molecule has 96 valence electrons. The number of carboxylic acid groups (broad SMARTS) is 1. The Kier molecular flexibility index (Phi) is 3.02. The van der Waals surface area contributed by atoms with Gasteiger partial charge in [0, 0.05) is 11.8 Å². The van der Waals surface area contributed by atoms with Crippen molar-refractivity contribution in [3.05, 3.63) is 35.6 Å². The molecule has 1 heterocycles. The maximum absolute atomic E-state index is 12.5. The van der Waals surface area contributed by atoms with Gasteiger partial charge in [0.1, 0.15) is 5.58 Å². The first kappa shape index (κ1) is 12.5. The highest BCUT2D eigenvalue weighted by Gasteiger charge is 2.31. The van der Waals surface area contributed by atoms with Crippen molar-refractivity contribution < 1.29 is 27.5 Å². The molecule has 18 heavy (non-hydrogen) atoms. The van der Waals surface area contributed by atoms with Crippen LogP contribution in [0.3, 0.4) is 0 Å². The second-order valence-corrected chi connectivity index (χ2v) is 3.86. The van der Waals surface area contributed by atoms with Crippen LogP contribution in [0.5, 0.6) is 0 Å². The van der Waals surface area contributed by atoms with Gasteiger partial charge in [-0.2, -0.15) is 13.2 Å². The molecule has 1 N–H and O–H groups in total. The molecule has 0 aliphatic heterocycles. The normalized spacial score (nSPS) is 11.9. The number of halogens is 3. The van der Waals surface area contributed by atoms with Crippen LogP contribution in [0.1, 0.15) is 17.5 Å². The zero-order valence-corrected chi connectivity index (χ0v) is 9.12. The van der Waals surface area contributed by atoms with E-state index in [1.165, 1.54) is 12.3 Å². The van der Waals surface area contributed by atoms with Crippen LogP contribution < -0.4 is 0 Å². The molecule has 0 unspecified atom stereocenters. The van der Waals surface area contributed by atoms with Crippen molar-refractivity contribution in [2.45, 2.75) is 19.0 Å². The summed E-state index contributed by atoms with van der Waals surface area (Å²) in [5.74, 6) is -0.962. The summed E-state index contributed by atoms with van der Waals surface area (Å²) in [7, 11) is 0. The van der Waals surface area contributed by atoms with Gasteiger partial charge >= 0.3 is 12.1 Å². The molecule has 0 bridgehead atoms. The fourth-order valence-electron chi connectivity index (χ4n) is 1.69. The zero-order chi connectivity index (χ0) is 13.3. The van der Waals surface area contributed by atoms with Crippen LogP contribution in [0.4, 0.5) is 13.2 Å². The fourth-order valence-corrected chi connectivity index (χ4v) is 1.69. The largest absolute Gasteiger partial charge is 0.481 e. The molecule has 0 aliphatic carbocycles.